The Morgan fingerprint density at radius 2 is 2.00 bits per heavy atom. The van der Waals surface area contributed by atoms with Crippen molar-refractivity contribution in [1.82, 2.24) is 5.32 Å². The number of ether oxygens (including phenoxy) is 1. The van der Waals surface area contributed by atoms with Crippen LogP contribution in [0.4, 0.5) is 0 Å². The molecule has 2 saturated heterocycles. The lowest BCUT2D eigenvalue weighted by atomic mass is 9.56. The second-order valence-electron chi connectivity index (χ2n) is 12.2. The van der Waals surface area contributed by atoms with Crippen LogP contribution in [0.3, 0.4) is 0 Å². The minimum Gasteiger partial charge on any atom is -0.393 e. The van der Waals surface area contributed by atoms with Gasteiger partial charge in [0.1, 0.15) is 0 Å². The summed E-state index contributed by atoms with van der Waals surface area (Å²) in [6.45, 7) is 10.9. The van der Waals surface area contributed by atoms with Gasteiger partial charge in [0.2, 0.25) is 0 Å². The summed E-state index contributed by atoms with van der Waals surface area (Å²) in [5, 5.41) is 14.1. The van der Waals surface area contributed by atoms with Crippen molar-refractivity contribution in [3.63, 3.8) is 0 Å². The predicted molar refractivity (Wildman–Crippen MR) is 120 cm³/mol. The summed E-state index contributed by atoms with van der Waals surface area (Å²) < 4.78 is 7.03. The predicted octanol–water partition coefficient (Wildman–Crippen LogP) is 5.00. The van der Waals surface area contributed by atoms with Crippen molar-refractivity contribution in [3.8, 4) is 0 Å². The number of aliphatic hydroxyl groups is 1. The highest BCUT2D eigenvalue weighted by atomic mass is 16.5. The Kier molecular flexibility index (Phi) is 4.46. The minimum atomic E-state index is -0.111. The average Bonchev–Trinajstić information content (AvgIpc) is 3.23. The van der Waals surface area contributed by atoms with Gasteiger partial charge in [-0.25, -0.2) is 0 Å². The van der Waals surface area contributed by atoms with Gasteiger partial charge in [-0.15, -0.1) is 0 Å². The molecule has 2 saturated carbocycles. The molecule has 6 rings (SSSR count). The number of allylic oxidation sites excluding steroid dienone is 2. The highest BCUT2D eigenvalue weighted by Gasteiger charge is 2.60. The molecule has 4 aliphatic carbocycles. The SMILES string of the molecule is CC1=C2C[C@@H]3[C@@H](CC=C4C[C@@H](O)CC[C@@]43C)[C@@H]2CC[C@]12O[C@H]1C[C@H](C)CN[C@H]1[C@@H]2C. The summed E-state index contributed by atoms with van der Waals surface area (Å²) in [4.78, 5) is 0. The zero-order valence-electron chi connectivity index (χ0n) is 19.4. The van der Waals surface area contributed by atoms with E-state index in [0.29, 0.717) is 23.5 Å². The normalized spacial score (nSPS) is 55.0. The Morgan fingerprint density at radius 1 is 1.17 bits per heavy atom. The molecule has 0 radical (unpaired) electrons. The van der Waals surface area contributed by atoms with Crippen LogP contribution < -0.4 is 5.32 Å². The maximum atomic E-state index is 10.3. The summed E-state index contributed by atoms with van der Waals surface area (Å²) in [5.74, 6) is 3.64. The largest absolute Gasteiger partial charge is 0.393 e. The van der Waals surface area contributed by atoms with Gasteiger partial charge in [0.25, 0.3) is 0 Å². The van der Waals surface area contributed by atoms with Gasteiger partial charge in [0.05, 0.1) is 17.8 Å². The molecule has 166 valence electrons. The summed E-state index contributed by atoms with van der Waals surface area (Å²) in [5.41, 5.74) is 5.25. The quantitative estimate of drug-likeness (QED) is 0.551. The maximum absolute atomic E-state index is 10.3. The standard InChI is InChI=1S/C27H41NO2/c1-15-11-24-25(28-14-15)17(3)27(30-24)10-8-20-21-6-5-18-12-19(29)7-9-26(18,4)23(21)13-22(20)16(27)2/h5,15,17,19-21,23-25,28-29H,6-14H2,1-4H3/t15-,17-,19-,20-,21-,23+,24-,25-,26-,27-/m0/s1. The van der Waals surface area contributed by atoms with Gasteiger partial charge in [-0.3, -0.25) is 0 Å². The fraction of sp³-hybridized carbons (Fsp3) is 0.852. The fourth-order valence-corrected chi connectivity index (χ4v) is 9.09. The van der Waals surface area contributed by atoms with Crippen LogP contribution in [0.5, 0.6) is 0 Å². The van der Waals surface area contributed by atoms with E-state index < -0.39 is 0 Å². The Morgan fingerprint density at radius 3 is 2.83 bits per heavy atom. The smallest absolute Gasteiger partial charge is 0.0937 e. The molecule has 1 spiro atoms. The zero-order chi connectivity index (χ0) is 20.8. The molecule has 30 heavy (non-hydrogen) atoms. The molecule has 6 aliphatic rings. The highest BCUT2D eigenvalue weighted by molar-refractivity contribution is 5.38. The molecular weight excluding hydrogens is 370 g/mol. The van der Waals surface area contributed by atoms with Gasteiger partial charge in [0.15, 0.2) is 0 Å². The van der Waals surface area contributed by atoms with Crippen molar-refractivity contribution in [3.05, 3.63) is 22.8 Å². The van der Waals surface area contributed by atoms with Crippen LogP contribution in [-0.2, 0) is 4.74 Å². The van der Waals surface area contributed by atoms with Gasteiger partial charge < -0.3 is 15.2 Å². The molecule has 0 bridgehead atoms. The number of hydrogen-bond donors (Lipinski definition) is 2. The van der Waals surface area contributed by atoms with E-state index in [1.165, 1.54) is 38.5 Å². The average molecular weight is 412 g/mol. The number of piperidine rings is 1. The van der Waals surface area contributed by atoms with Crippen LogP contribution in [0, 0.1) is 35.0 Å². The maximum Gasteiger partial charge on any atom is 0.0937 e. The van der Waals surface area contributed by atoms with Crippen LogP contribution in [0.1, 0.15) is 79.1 Å². The molecule has 4 fully saturated rings. The second kappa shape index (κ2) is 6.68. The van der Waals surface area contributed by atoms with Gasteiger partial charge in [-0.05, 0) is 99.5 Å². The molecule has 10 atom stereocenters. The first-order chi connectivity index (χ1) is 14.3. The summed E-state index contributed by atoms with van der Waals surface area (Å²) in [6, 6.07) is 0.530. The summed E-state index contributed by atoms with van der Waals surface area (Å²) in [7, 11) is 0. The molecule has 3 nitrogen and oxygen atoms in total. The van der Waals surface area contributed by atoms with E-state index >= 15 is 0 Å². The zero-order valence-corrected chi connectivity index (χ0v) is 19.4. The van der Waals surface area contributed by atoms with Gasteiger partial charge in [-0.2, -0.15) is 0 Å². The molecule has 2 N–H and O–H groups in total. The van der Waals surface area contributed by atoms with Crippen LogP contribution in [-0.4, -0.2) is 35.5 Å². The number of fused-ring (bicyclic) bond motifs is 6. The fourth-order valence-electron chi connectivity index (χ4n) is 9.09. The van der Waals surface area contributed by atoms with Gasteiger partial charge in [-0.1, -0.05) is 38.0 Å². The monoisotopic (exact) mass is 411 g/mol. The van der Waals surface area contributed by atoms with E-state index in [4.69, 9.17) is 4.74 Å². The lowest BCUT2D eigenvalue weighted by Crippen LogP contribution is -2.49. The lowest BCUT2D eigenvalue weighted by molar-refractivity contribution is -0.0549. The number of hydrogen-bond acceptors (Lipinski definition) is 3. The van der Waals surface area contributed by atoms with E-state index in [0.717, 1.165) is 43.1 Å². The van der Waals surface area contributed by atoms with Crippen molar-refractivity contribution < 1.29 is 9.84 Å². The van der Waals surface area contributed by atoms with E-state index in [9.17, 15) is 5.11 Å². The van der Waals surface area contributed by atoms with Crippen LogP contribution in [0.15, 0.2) is 22.8 Å². The van der Waals surface area contributed by atoms with Crippen molar-refractivity contribution >= 4 is 0 Å². The van der Waals surface area contributed by atoms with Crippen molar-refractivity contribution in [1.29, 1.82) is 0 Å². The molecule has 0 aromatic carbocycles. The Balaban J connectivity index is 1.34. The van der Waals surface area contributed by atoms with E-state index in [2.05, 4.69) is 39.1 Å². The summed E-state index contributed by atoms with van der Waals surface area (Å²) >= 11 is 0. The molecule has 0 aromatic rings. The number of rotatable bonds is 0. The van der Waals surface area contributed by atoms with Crippen LogP contribution in [0.2, 0.25) is 0 Å². The van der Waals surface area contributed by atoms with Gasteiger partial charge in [0, 0.05) is 12.0 Å². The summed E-state index contributed by atoms with van der Waals surface area (Å²) in [6.07, 6.45) is 12.2. The Hall–Kier alpha value is -0.640. The van der Waals surface area contributed by atoms with Crippen molar-refractivity contribution in [2.75, 3.05) is 6.54 Å². The molecule has 0 unspecified atom stereocenters. The molecule has 2 heterocycles. The Bertz CT molecular complexity index is 801. The minimum absolute atomic E-state index is 0.0222. The third-order valence-electron chi connectivity index (χ3n) is 10.9. The third-order valence-corrected chi connectivity index (χ3v) is 10.9. The molecule has 2 aliphatic heterocycles. The Labute approximate surface area is 182 Å². The molecule has 0 amide bonds. The van der Waals surface area contributed by atoms with Crippen molar-refractivity contribution in [2.45, 2.75) is 103 Å². The van der Waals surface area contributed by atoms with Crippen LogP contribution in [0.25, 0.3) is 0 Å². The van der Waals surface area contributed by atoms with Crippen LogP contribution >= 0.6 is 0 Å². The highest BCUT2D eigenvalue weighted by Crippen LogP contribution is 2.65. The first-order valence-corrected chi connectivity index (χ1v) is 12.8. The number of aliphatic hydroxyl groups excluding tert-OH is 1. The molecular formula is C27H41NO2. The van der Waals surface area contributed by atoms with Crippen molar-refractivity contribution in [2.24, 2.45) is 35.0 Å². The van der Waals surface area contributed by atoms with E-state index in [1.807, 2.05) is 0 Å². The van der Waals surface area contributed by atoms with E-state index in [-0.39, 0.29) is 11.7 Å². The van der Waals surface area contributed by atoms with Gasteiger partial charge >= 0.3 is 0 Å². The first-order valence-electron chi connectivity index (χ1n) is 12.8. The topological polar surface area (TPSA) is 41.5 Å². The number of nitrogens with one attached hydrogen (secondary N) is 1. The van der Waals surface area contributed by atoms with E-state index in [1.54, 1.807) is 16.7 Å². The third kappa shape index (κ3) is 2.55. The molecule has 3 heteroatoms. The lowest BCUT2D eigenvalue weighted by Gasteiger charge is -2.49. The molecule has 0 aromatic heterocycles. The first kappa shape index (κ1) is 20.0. The second-order valence-corrected chi connectivity index (χ2v) is 12.2.